The molecule has 0 radical (unpaired) electrons. The molecule has 1 atom stereocenters. The molecule has 0 aromatic heterocycles. The topological polar surface area (TPSA) is 94.3 Å². The van der Waals surface area contributed by atoms with Gasteiger partial charge in [0.2, 0.25) is 18.0 Å². The van der Waals surface area contributed by atoms with Crippen LogP contribution in [-0.4, -0.2) is 28.8 Å². The van der Waals surface area contributed by atoms with Gasteiger partial charge < -0.3 is 9.47 Å². The van der Waals surface area contributed by atoms with Gasteiger partial charge in [0, 0.05) is 18.6 Å². The number of carbonyl (C=O) groups excluding carboxylic acids is 1. The van der Waals surface area contributed by atoms with E-state index in [0.717, 1.165) is 5.01 Å². The van der Waals surface area contributed by atoms with Crippen LogP contribution in [0.3, 0.4) is 0 Å². The summed E-state index contributed by atoms with van der Waals surface area (Å²) in [7, 11) is 1.54. The molecule has 25 heavy (non-hydrogen) atoms. The lowest BCUT2D eigenvalue weighted by Crippen LogP contribution is -2.25. The van der Waals surface area contributed by atoms with Crippen LogP contribution in [0.25, 0.3) is 0 Å². The zero-order valence-corrected chi connectivity index (χ0v) is 13.6. The first kappa shape index (κ1) is 16.4. The Morgan fingerprint density at radius 3 is 2.72 bits per heavy atom. The van der Waals surface area contributed by atoms with E-state index >= 15 is 0 Å². The number of hydrogen-bond donors (Lipinski definition) is 0. The summed E-state index contributed by atoms with van der Waals surface area (Å²) in [6.07, 6.45) is -1.000. The lowest BCUT2D eigenvalue weighted by Gasteiger charge is -2.19. The lowest BCUT2D eigenvalue weighted by atomic mass is 10.1. The van der Waals surface area contributed by atoms with Gasteiger partial charge in [-0.2, -0.15) is 5.01 Å². The highest BCUT2D eigenvalue weighted by molar-refractivity contribution is 5.96. The molecule has 128 valence electrons. The predicted octanol–water partition coefficient (Wildman–Crippen LogP) is 2.84. The molecular weight excluding hydrogens is 326 g/mol. The van der Waals surface area contributed by atoms with Gasteiger partial charge >= 0.3 is 0 Å². The minimum Gasteiger partial charge on any atom is -0.497 e. The molecule has 1 aliphatic heterocycles. The smallest absolute Gasteiger partial charge is 0.278 e. The molecule has 0 bridgehead atoms. The first-order chi connectivity index (χ1) is 12.0. The molecule has 0 spiro atoms. The molecule has 0 unspecified atom stereocenters. The van der Waals surface area contributed by atoms with Crippen LogP contribution < -0.4 is 4.74 Å². The molecule has 0 N–H and O–H groups in total. The average molecular weight is 341 g/mol. The van der Waals surface area contributed by atoms with Gasteiger partial charge in [0.05, 0.1) is 17.6 Å². The Balaban J connectivity index is 2.01. The van der Waals surface area contributed by atoms with Crippen molar-refractivity contribution in [3.63, 3.8) is 0 Å². The molecule has 0 saturated heterocycles. The second-order valence-corrected chi connectivity index (χ2v) is 5.29. The summed E-state index contributed by atoms with van der Waals surface area (Å²) in [6, 6.07) is 13.1. The third-order valence-electron chi connectivity index (χ3n) is 3.68. The summed E-state index contributed by atoms with van der Waals surface area (Å²) >= 11 is 0. The maximum atomic E-state index is 12.0. The third-order valence-corrected chi connectivity index (χ3v) is 3.68. The molecule has 3 rings (SSSR count). The Hall–Kier alpha value is -3.42. The van der Waals surface area contributed by atoms with E-state index < -0.39 is 11.2 Å². The zero-order valence-electron chi connectivity index (χ0n) is 13.6. The van der Waals surface area contributed by atoms with Crippen LogP contribution in [0.1, 0.15) is 24.3 Å². The Kier molecular flexibility index (Phi) is 4.34. The Bertz CT molecular complexity index is 865. The summed E-state index contributed by atoms with van der Waals surface area (Å²) in [4.78, 5) is 22.7. The van der Waals surface area contributed by atoms with E-state index in [-0.39, 0.29) is 23.1 Å². The van der Waals surface area contributed by atoms with Crippen molar-refractivity contribution >= 4 is 17.5 Å². The molecule has 2 aromatic rings. The minimum atomic E-state index is -1.000. The van der Waals surface area contributed by atoms with Crippen molar-refractivity contribution in [2.75, 3.05) is 7.11 Å². The van der Waals surface area contributed by atoms with Crippen LogP contribution in [0.5, 0.6) is 5.75 Å². The second kappa shape index (κ2) is 6.60. The summed E-state index contributed by atoms with van der Waals surface area (Å²) in [5, 5.41) is 16.6. The molecule has 0 saturated carbocycles. The van der Waals surface area contributed by atoms with E-state index in [1.54, 1.807) is 42.5 Å². The number of nitro groups is 1. The summed E-state index contributed by atoms with van der Waals surface area (Å²) < 4.78 is 11.0. The van der Waals surface area contributed by atoms with Gasteiger partial charge in [-0.15, -0.1) is 5.10 Å². The van der Waals surface area contributed by atoms with Crippen molar-refractivity contribution in [2.45, 2.75) is 13.2 Å². The predicted molar refractivity (Wildman–Crippen MR) is 89.0 cm³/mol. The van der Waals surface area contributed by atoms with Crippen LogP contribution in [0.2, 0.25) is 0 Å². The highest BCUT2D eigenvalue weighted by Gasteiger charge is 2.37. The number of rotatable bonds is 4. The minimum absolute atomic E-state index is 0.138. The monoisotopic (exact) mass is 341 g/mol. The number of nitrogens with zero attached hydrogens (tertiary/aromatic N) is 3. The van der Waals surface area contributed by atoms with Crippen LogP contribution in [-0.2, 0) is 9.53 Å². The first-order valence-electron chi connectivity index (χ1n) is 7.44. The summed E-state index contributed by atoms with van der Waals surface area (Å²) in [6.45, 7) is 1.32. The van der Waals surface area contributed by atoms with Gasteiger partial charge in [-0.05, 0) is 24.3 Å². The van der Waals surface area contributed by atoms with Gasteiger partial charge in [-0.1, -0.05) is 18.2 Å². The lowest BCUT2D eigenvalue weighted by molar-refractivity contribution is -0.386. The normalized spacial score (nSPS) is 16.2. The molecule has 1 amide bonds. The number of benzene rings is 2. The molecule has 1 aliphatic rings. The van der Waals surface area contributed by atoms with Crippen LogP contribution in [0, 0.1) is 10.1 Å². The SMILES string of the molecule is COc1cccc(C2=NN(C(C)=O)[C@@H](c3ccccc3[N+](=O)[O-])O2)c1. The molecule has 2 aromatic carbocycles. The number of carbonyl (C=O) groups is 1. The van der Waals surface area contributed by atoms with E-state index in [9.17, 15) is 14.9 Å². The number of methoxy groups -OCH3 is 1. The van der Waals surface area contributed by atoms with Crippen molar-refractivity contribution in [3.05, 3.63) is 69.8 Å². The number of amides is 1. The Morgan fingerprint density at radius 2 is 2.04 bits per heavy atom. The van der Waals surface area contributed by atoms with Crippen LogP contribution in [0.4, 0.5) is 5.69 Å². The van der Waals surface area contributed by atoms with Crippen molar-refractivity contribution in [2.24, 2.45) is 5.10 Å². The molecule has 0 aliphatic carbocycles. The van der Waals surface area contributed by atoms with Gasteiger partial charge in [-0.25, -0.2) is 0 Å². The van der Waals surface area contributed by atoms with E-state index in [2.05, 4.69) is 5.10 Å². The van der Waals surface area contributed by atoms with Crippen molar-refractivity contribution in [3.8, 4) is 5.75 Å². The van der Waals surface area contributed by atoms with E-state index in [1.165, 1.54) is 20.1 Å². The fourth-order valence-electron chi connectivity index (χ4n) is 2.50. The number of ether oxygens (including phenoxy) is 2. The van der Waals surface area contributed by atoms with Gasteiger partial charge in [-0.3, -0.25) is 14.9 Å². The van der Waals surface area contributed by atoms with Crippen LogP contribution >= 0.6 is 0 Å². The fourth-order valence-corrected chi connectivity index (χ4v) is 2.50. The standard InChI is InChI=1S/C17H15N3O5/c1-11(21)19-17(14-8-3-4-9-15(14)20(22)23)25-16(18-19)12-6-5-7-13(10-12)24-2/h3-10,17H,1-2H3/t17-/m1/s1. The van der Waals surface area contributed by atoms with E-state index in [1.807, 2.05) is 0 Å². The number of hydrogen-bond acceptors (Lipinski definition) is 6. The Morgan fingerprint density at radius 1 is 1.28 bits per heavy atom. The first-order valence-corrected chi connectivity index (χ1v) is 7.44. The Labute approximate surface area is 143 Å². The molecule has 8 nitrogen and oxygen atoms in total. The maximum Gasteiger partial charge on any atom is 0.278 e. The van der Waals surface area contributed by atoms with Crippen molar-refractivity contribution < 1.29 is 19.2 Å². The largest absolute Gasteiger partial charge is 0.497 e. The van der Waals surface area contributed by atoms with Crippen LogP contribution in [0.15, 0.2) is 53.6 Å². The number of hydrazone groups is 1. The number of nitro benzene ring substituents is 1. The van der Waals surface area contributed by atoms with E-state index in [0.29, 0.717) is 11.3 Å². The number of para-hydroxylation sites is 1. The van der Waals surface area contributed by atoms with Crippen molar-refractivity contribution in [1.29, 1.82) is 0 Å². The summed E-state index contributed by atoms with van der Waals surface area (Å²) in [5.41, 5.74) is 0.719. The van der Waals surface area contributed by atoms with Gasteiger partial charge in [0.15, 0.2) is 0 Å². The maximum absolute atomic E-state index is 12.0. The second-order valence-electron chi connectivity index (χ2n) is 5.29. The summed E-state index contributed by atoms with van der Waals surface area (Å²) in [5.74, 6) is 0.408. The molecular formula is C17H15N3O5. The third kappa shape index (κ3) is 3.14. The zero-order chi connectivity index (χ0) is 18.0. The highest BCUT2D eigenvalue weighted by Crippen LogP contribution is 2.35. The molecule has 0 fully saturated rings. The molecule has 1 heterocycles. The van der Waals surface area contributed by atoms with Crippen molar-refractivity contribution in [1.82, 2.24) is 5.01 Å². The quantitative estimate of drug-likeness (QED) is 0.629. The average Bonchev–Trinajstić information content (AvgIpc) is 3.07. The van der Waals surface area contributed by atoms with Gasteiger partial charge in [0.25, 0.3) is 5.69 Å². The van der Waals surface area contributed by atoms with Gasteiger partial charge in [0.1, 0.15) is 5.75 Å². The van der Waals surface area contributed by atoms with E-state index in [4.69, 9.17) is 9.47 Å². The highest BCUT2D eigenvalue weighted by atomic mass is 16.6. The molecule has 8 heteroatoms. The fraction of sp³-hybridized carbons (Fsp3) is 0.176.